The summed E-state index contributed by atoms with van der Waals surface area (Å²) in [6.45, 7) is 0. The molecular formula is C42H27N3. The third-order valence-electron chi connectivity index (χ3n) is 8.85. The molecule has 0 aliphatic carbocycles. The Balaban J connectivity index is 1.33. The summed E-state index contributed by atoms with van der Waals surface area (Å²) in [4.78, 5) is 9.72. The molecule has 0 radical (unpaired) electrons. The molecule has 6 aromatic carbocycles. The summed E-state index contributed by atoms with van der Waals surface area (Å²) in [5, 5.41) is 4.98. The standard InChI is InChI=1S/C42H27N3/c1-3-13-28(14-4-1)31-26-38-42(44-27-31)41-37(23-12-24-43-41)45(38)32-18-11-17-30(25-32)40-35-21-9-7-19-33(35)39(29-15-5-2-6-16-29)34-20-8-10-22-36(34)40/h1-27H. The average molecular weight is 574 g/mol. The van der Waals surface area contributed by atoms with Crippen molar-refractivity contribution in [3.8, 4) is 39.1 Å². The molecule has 0 bridgehead atoms. The highest BCUT2D eigenvalue weighted by Crippen LogP contribution is 2.44. The molecule has 0 fully saturated rings. The fourth-order valence-corrected chi connectivity index (χ4v) is 6.92. The molecule has 3 heterocycles. The van der Waals surface area contributed by atoms with Crippen LogP contribution in [0, 0.1) is 0 Å². The first-order valence-electron chi connectivity index (χ1n) is 15.3. The van der Waals surface area contributed by atoms with Crippen LogP contribution in [0.4, 0.5) is 0 Å². The molecule has 0 saturated carbocycles. The number of fused-ring (bicyclic) bond motifs is 5. The minimum absolute atomic E-state index is 0.902. The fraction of sp³-hybridized carbons (Fsp3) is 0. The van der Waals surface area contributed by atoms with Crippen LogP contribution in [0.5, 0.6) is 0 Å². The van der Waals surface area contributed by atoms with E-state index in [1.165, 1.54) is 43.8 Å². The average Bonchev–Trinajstić information content (AvgIpc) is 3.45. The predicted molar refractivity (Wildman–Crippen MR) is 188 cm³/mol. The Morgan fingerprint density at radius 3 is 1.60 bits per heavy atom. The molecule has 0 unspecified atom stereocenters. The minimum Gasteiger partial charge on any atom is -0.306 e. The molecule has 0 aliphatic heterocycles. The molecule has 9 aromatic rings. The Labute approximate surface area is 260 Å². The molecule has 0 aliphatic rings. The second kappa shape index (κ2) is 10.3. The van der Waals surface area contributed by atoms with Crippen LogP contribution >= 0.6 is 0 Å². The number of hydrogen-bond donors (Lipinski definition) is 0. The largest absolute Gasteiger partial charge is 0.306 e. The zero-order valence-electron chi connectivity index (χ0n) is 24.4. The van der Waals surface area contributed by atoms with Crippen molar-refractivity contribution in [1.29, 1.82) is 0 Å². The first-order chi connectivity index (χ1) is 22.3. The fourth-order valence-electron chi connectivity index (χ4n) is 6.92. The normalized spacial score (nSPS) is 11.6. The van der Waals surface area contributed by atoms with Crippen LogP contribution in [0.25, 0.3) is 82.7 Å². The number of benzene rings is 6. The Hall–Kier alpha value is -6.06. The van der Waals surface area contributed by atoms with Gasteiger partial charge in [-0.25, -0.2) is 0 Å². The van der Waals surface area contributed by atoms with E-state index in [-0.39, 0.29) is 0 Å². The van der Waals surface area contributed by atoms with Crippen LogP contribution in [0.15, 0.2) is 164 Å². The smallest absolute Gasteiger partial charge is 0.115 e. The maximum atomic E-state index is 4.95. The van der Waals surface area contributed by atoms with Crippen LogP contribution in [0.2, 0.25) is 0 Å². The first-order valence-corrected chi connectivity index (χ1v) is 15.3. The van der Waals surface area contributed by atoms with Gasteiger partial charge in [0.15, 0.2) is 0 Å². The summed E-state index contributed by atoms with van der Waals surface area (Å²) in [5.41, 5.74) is 12.1. The van der Waals surface area contributed by atoms with Crippen molar-refractivity contribution in [2.75, 3.05) is 0 Å². The Kier molecular flexibility index (Phi) is 5.82. The van der Waals surface area contributed by atoms with Crippen LogP contribution in [0.1, 0.15) is 0 Å². The number of hydrogen-bond acceptors (Lipinski definition) is 2. The third kappa shape index (κ3) is 4.05. The molecule has 9 rings (SSSR count). The molecule has 45 heavy (non-hydrogen) atoms. The summed E-state index contributed by atoms with van der Waals surface area (Å²) < 4.78 is 2.31. The van der Waals surface area contributed by atoms with Crippen LogP contribution in [-0.2, 0) is 0 Å². The lowest BCUT2D eigenvalue weighted by molar-refractivity contribution is 1.17. The van der Waals surface area contributed by atoms with Crippen molar-refractivity contribution < 1.29 is 0 Å². The second-order valence-corrected chi connectivity index (χ2v) is 11.4. The van der Waals surface area contributed by atoms with Gasteiger partial charge in [0.1, 0.15) is 11.0 Å². The van der Waals surface area contributed by atoms with Gasteiger partial charge >= 0.3 is 0 Å². The number of pyridine rings is 2. The zero-order chi connectivity index (χ0) is 29.7. The van der Waals surface area contributed by atoms with E-state index >= 15 is 0 Å². The molecule has 3 nitrogen and oxygen atoms in total. The maximum absolute atomic E-state index is 4.95. The van der Waals surface area contributed by atoms with E-state index in [1.807, 2.05) is 24.5 Å². The quantitative estimate of drug-likeness (QED) is 0.196. The lowest BCUT2D eigenvalue weighted by atomic mass is 9.86. The summed E-state index contributed by atoms with van der Waals surface area (Å²) in [6, 6.07) is 54.1. The van der Waals surface area contributed by atoms with E-state index in [4.69, 9.17) is 9.97 Å². The third-order valence-corrected chi connectivity index (χ3v) is 8.85. The van der Waals surface area contributed by atoms with E-state index < -0.39 is 0 Å². The van der Waals surface area contributed by atoms with Gasteiger partial charge in [-0.05, 0) is 79.7 Å². The van der Waals surface area contributed by atoms with Crippen LogP contribution in [0.3, 0.4) is 0 Å². The van der Waals surface area contributed by atoms with E-state index in [1.54, 1.807) is 0 Å². The lowest BCUT2D eigenvalue weighted by Crippen LogP contribution is -1.96. The highest BCUT2D eigenvalue weighted by atomic mass is 15.0. The number of aromatic nitrogens is 3. The summed E-state index contributed by atoms with van der Waals surface area (Å²) in [5.74, 6) is 0. The summed E-state index contributed by atoms with van der Waals surface area (Å²) >= 11 is 0. The lowest BCUT2D eigenvalue weighted by Gasteiger charge is -2.18. The van der Waals surface area contributed by atoms with Gasteiger partial charge in [-0.2, -0.15) is 0 Å². The van der Waals surface area contributed by atoms with Crippen molar-refractivity contribution in [1.82, 2.24) is 14.5 Å². The van der Waals surface area contributed by atoms with E-state index in [0.29, 0.717) is 0 Å². The number of rotatable bonds is 4. The van der Waals surface area contributed by atoms with Gasteiger partial charge in [-0.3, -0.25) is 9.97 Å². The molecule has 210 valence electrons. The van der Waals surface area contributed by atoms with Gasteiger partial charge in [0.2, 0.25) is 0 Å². The number of nitrogens with zero attached hydrogens (tertiary/aromatic N) is 3. The Morgan fingerprint density at radius 2 is 0.933 bits per heavy atom. The Morgan fingerprint density at radius 1 is 0.378 bits per heavy atom. The van der Waals surface area contributed by atoms with Gasteiger partial charge in [-0.1, -0.05) is 121 Å². The monoisotopic (exact) mass is 573 g/mol. The van der Waals surface area contributed by atoms with Crippen LogP contribution < -0.4 is 0 Å². The van der Waals surface area contributed by atoms with Gasteiger partial charge in [0.25, 0.3) is 0 Å². The summed E-state index contributed by atoms with van der Waals surface area (Å²) in [7, 11) is 0. The SMILES string of the molecule is c1ccc(-c2cnc3c4ncccc4n(-c4cccc(-c5c6ccccc6c(-c6ccccc6)c6ccccc56)c4)c3c2)cc1. The molecule has 3 aromatic heterocycles. The van der Waals surface area contributed by atoms with Gasteiger partial charge in [0, 0.05) is 23.6 Å². The minimum atomic E-state index is 0.902. The van der Waals surface area contributed by atoms with Crippen molar-refractivity contribution in [3.63, 3.8) is 0 Å². The molecule has 0 saturated heterocycles. The van der Waals surface area contributed by atoms with Crippen molar-refractivity contribution in [3.05, 3.63) is 164 Å². The zero-order valence-corrected chi connectivity index (χ0v) is 24.4. The van der Waals surface area contributed by atoms with Crippen molar-refractivity contribution in [2.24, 2.45) is 0 Å². The predicted octanol–water partition coefficient (Wildman–Crippen LogP) is 10.9. The van der Waals surface area contributed by atoms with Gasteiger partial charge in [0.05, 0.1) is 11.0 Å². The first kappa shape index (κ1) is 25.4. The maximum Gasteiger partial charge on any atom is 0.115 e. The second-order valence-electron chi connectivity index (χ2n) is 11.4. The molecule has 0 N–H and O–H groups in total. The van der Waals surface area contributed by atoms with E-state index in [0.717, 1.165) is 38.9 Å². The van der Waals surface area contributed by atoms with E-state index in [9.17, 15) is 0 Å². The Bertz CT molecular complexity index is 2470. The molecule has 0 amide bonds. The van der Waals surface area contributed by atoms with Gasteiger partial charge in [-0.15, -0.1) is 0 Å². The molecule has 3 heteroatoms. The van der Waals surface area contributed by atoms with Crippen molar-refractivity contribution >= 4 is 43.6 Å². The van der Waals surface area contributed by atoms with Crippen LogP contribution in [-0.4, -0.2) is 14.5 Å². The molecule has 0 atom stereocenters. The highest BCUT2D eigenvalue weighted by molar-refractivity contribution is 6.21. The van der Waals surface area contributed by atoms with E-state index in [2.05, 4.69) is 144 Å². The molecule has 0 spiro atoms. The van der Waals surface area contributed by atoms with Gasteiger partial charge < -0.3 is 4.57 Å². The summed E-state index contributed by atoms with van der Waals surface area (Å²) in [6.07, 6.45) is 3.81. The highest BCUT2D eigenvalue weighted by Gasteiger charge is 2.19. The molecular weight excluding hydrogens is 546 g/mol. The topological polar surface area (TPSA) is 30.7 Å². The van der Waals surface area contributed by atoms with Crippen molar-refractivity contribution in [2.45, 2.75) is 0 Å².